The molecule has 76 valence electrons. The summed E-state index contributed by atoms with van der Waals surface area (Å²) in [6, 6.07) is 3.43. The van der Waals surface area contributed by atoms with Crippen molar-refractivity contribution in [2.75, 3.05) is 11.9 Å². The molecule has 14 heavy (non-hydrogen) atoms. The van der Waals surface area contributed by atoms with E-state index in [1.54, 1.807) is 18.3 Å². The maximum Gasteiger partial charge on any atom is 0.170 e. The molecule has 0 aromatic carbocycles. The number of rotatable bonds is 4. The largest absolute Gasteiger partial charge is 0.409 e. The first-order valence-corrected chi connectivity index (χ1v) is 4.45. The van der Waals surface area contributed by atoms with E-state index in [0.717, 1.165) is 18.8 Å². The molecule has 4 N–H and O–H groups in total. The highest BCUT2D eigenvalue weighted by Crippen LogP contribution is 2.06. The van der Waals surface area contributed by atoms with Crippen LogP contribution in [0, 0.1) is 0 Å². The molecule has 1 rings (SSSR count). The van der Waals surface area contributed by atoms with Gasteiger partial charge in [-0.05, 0) is 18.6 Å². The Bertz CT molecular complexity index is 324. The van der Waals surface area contributed by atoms with Gasteiger partial charge in [-0.25, -0.2) is 4.98 Å². The zero-order chi connectivity index (χ0) is 10.4. The molecule has 5 heteroatoms. The number of hydrogen-bond acceptors (Lipinski definition) is 4. The van der Waals surface area contributed by atoms with Crippen LogP contribution < -0.4 is 11.1 Å². The van der Waals surface area contributed by atoms with Crippen molar-refractivity contribution in [3.63, 3.8) is 0 Å². The standard InChI is InChI=1S/C9H14N4O/c1-2-4-11-8-6-7(3-5-12-8)9(10)13-14/h3,5-6,14H,2,4H2,1H3,(H2,10,13)(H,11,12). The maximum atomic E-state index is 8.48. The number of hydrogen-bond donors (Lipinski definition) is 3. The van der Waals surface area contributed by atoms with E-state index in [0.29, 0.717) is 5.56 Å². The highest BCUT2D eigenvalue weighted by Gasteiger charge is 2.00. The van der Waals surface area contributed by atoms with Crippen molar-refractivity contribution in [1.82, 2.24) is 4.98 Å². The van der Waals surface area contributed by atoms with Gasteiger partial charge in [0.05, 0.1) is 0 Å². The van der Waals surface area contributed by atoms with E-state index in [4.69, 9.17) is 10.9 Å². The molecule has 1 aromatic heterocycles. The fraction of sp³-hybridized carbons (Fsp3) is 0.333. The predicted octanol–water partition coefficient (Wildman–Crippen LogP) is 0.998. The predicted molar refractivity (Wildman–Crippen MR) is 55.5 cm³/mol. The van der Waals surface area contributed by atoms with Gasteiger partial charge in [0.25, 0.3) is 0 Å². The van der Waals surface area contributed by atoms with Gasteiger partial charge in [-0.15, -0.1) is 0 Å². The summed E-state index contributed by atoms with van der Waals surface area (Å²) in [5.41, 5.74) is 6.09. The second-order valence-corrected chi connectivity index (χ2v) is 2.84. The molecule has 0 unspecified atom stereocenters. The third-order valence-corrected chi connectivity index (χ3v) is 1.72. The second-order valence-electron chi connectivity index (χ2n) is 2.84. The van der Waals surface area contributed by atoms with E-state index in [9.17, 15) is 0 Å². The van der Waals surface area contributed by atoms with E-state index in [-0.39, 0.29) is 5.84 Å². The summed E-state index contributed by atoms with van der Waals surface area (Å²) in [7, 11) is 0. The van der Waals surface area contributed by atoms with Crippen molar-refractivity contribution >= 4 is 11.7 Å². The third-order valence-electron chi connectivity index (χ3n) is 1.72. The summed E-state index contributed by atoms with van der Waals surface area (Å²) < 4.78 is 0. The Morgan fingerprint density at radius 1 is 1.71 bits per heavy atom. The molecule has 0 atom stereocenters. The molecule has 0 aliphatic rings. The Labute approximate surface area is 82.6 Å². The number of anilines is 1. The smallest absolute Gasteiger partial charge is 0.170 e. The van der Waals surface area contributed by atoms with Crippen molar-refractivity contribution in [1.29, 1.82) is 0 Å². The molecule has 0 saturated carbocycles. The second kappa shape index (κ2) is 5.06. The molecule has 0 radical (unpaired) electrons. The monoisotopic (exact) mass is 194 g/mol. The number of oxime groups is 1. The number of pyridine rings is 1. The minimum absolute atomic E-state index is 0.0898. The van der Waals surface area contributed by atoms with Gasteiger partial charge in [0.1, 0.15) is 5.82 Å². The van der Waals surface area contributed by atoms with Gasteiger partial charge in [-0.2, -0.15) is 0 Å². The Morgan fingerprint density at radius 3 is 3.14 bits per heavy atom. The molecular formula is C9H14N4O. The molecule has 0 bridgehead atoms. The van der Waals surface area contributed by atoms with Crippen molar-refractivity contribution in [3.8, 4) is 0 Å². The average molecular weight is 194 g/mol. The Hall–Kier alpha value is -1.78. The lowest BCUT2D eigenvalue weighted by atomic mass is 10.2. The first-order valence-electron chi connectivity index (χ1n) is 4.45. The summed E-state index contributed by atoms with van der Waals surface area (Å²) in [5, 5.41) is 14.5. The fourth-order valence-electron chi connectivity index (χ4n) is 0.997. The SMILES string of the molecule is CCCNc1cc(C(N)=NO)ccn1. The summed E-state index contributed by atoms with van der Waals surface area (Å²) in [4.78, 5) is 4.09. The van der Waals surface area contributed by atoms with Crippen LogP contribution in [0.25, 0.3) is 0 Å². The van der Waals surface area contributed by atoms with Crippen molar-refractivity contribution in [2.24, 2.45) is 10.9 Å². The number of nitrogens with one attached hydrogen (secondary N) is 1. The molecule has 1 heterocycles. The van der Waals surface area contributed by atoms with Crippen LogP contribution in [0.5, 0.6) is 0 Å². The number of amidine groups is 1. The lowest BCUT2D eigenvalue weighted by Gasteiger charge is -2.04. The molecule has 0 spiro atoms. The van der Waals surface area contributed by atoms with Crippen LogP contribution in [0.2, 0.25) is 0 Å². The number of nitrogens with zero attached hydrogens (tertiary/aromatic N) is 2. The molecule has 0 saturated heterocycles. The van der Waals surface area contributed by atoms with Gasteiger partial charge < -0.3 is 16.3 Å². The van der Waals surface area contributed by atoms with Crippen LogP contribution in [0.4, 0.5) is 5.82 Å². The van der Waals surface area contributed by atoms with Gasteiger partial charge in [-0.3, -0.25) is 0 Å². The van der Waals surface area contributed by atoms with Gasteiger partial charge in [0, 0.05) is 18.3 Å². The summed E-state index contributed by atoms with van der Waals surface area (Å²) >= 11 is 0. The van der Waals surface area contributed by atoms with E-state index in [1.807, 2.05) is 0 Å². The number of nitrogens with two attached hydrogens (primary N) is 1. The summed E-state index contributed by atoms with van der Waals surface area (Å²) in [5.74, 6) is 0.822. The van der Waals surface area contributed by atoms with E-state index >= 15 is 0 Å². The van der Waals surface area contributed by atoms with Crippen molar-refractivity contribution in [3.05, 3.63) is 23.9 Å². The Morgan fingerprint density at radius 2 is 2.50 bits per heavy atom. The van der Waals surface area contributed by atoms with Crippen LogP contribution in [0.3, 0.4) is 0 Å². The summed E-state index contributed by atoms with van der Waals surface area (Å²) in [6.45, 7) is 2.92. The van der Waals surface area contributed by atoms with E-state index < -0.39 is 0 Å². The van der Waals surface area contributed by atoms with Crippen LogP contribution in [-0.2, 0) is 0 Å². The quantitative estimate of drug-likeness (QED) is 0.289. The van der Waals surface area contributed by atoms with E-state index in [2.05, 4.69) is 22.4 Å². The summed E-state index contributed by atoms with van der Waals surface area (Å²) in [6.07, 6.45) is 2.64. The molecule has 0 amide bonds. The van der Waals surface area contributed by atoms with Gasteiger partial charge >= 0.3 is 0 Å². The zero-order valence-electron chi connectivity index (χ0n) is 8.07. The van der Waals surface area contributed by atoms with Crippen molar-refractivity contribution < 1.29 is 5.21 Å². The lowest BCUT2D eigenvalue weighted by molar-refractivity contribution is 0.318. The highest BCUT2D eigenvalue weighted by atomic mass is 16.4. The molecular weight excluding hydrogens is 180 g/mol. The molecule has 0 aliphatic heterocycles. The lowest BCUT2D eigenvalue weighted by Crippen LogP contribution is -2.13. The Balaban J connectivity index is 2.79. The zero-order valence-corrected chi connectivity index (χ0v) is 8.07. The molecule has 5 nitrogen and oxygen atoms in total. The van der Waals surface area contributed by atoms with Gasteiger partial charge in [0.15, 0.2) is 5.84 Å². The average Bonchev–Trinajstić information content (AvgIpc) is 2.25. The van der Waals surface area contributed by atoms with Crippen LogP contribution >= 0.6 is 0 Å². The maximum absolute atomic E-state index is 8.48. The molecule has 1 aromatic rings. The van der Waals surface area contributed by atoms with Gasteiger partial charge in [-0.1, -0.05) is 12.1 Å². The first-order chi connectivity index (χ1) is 6.77. The van der Waals surface area contributed by atoms with Crippen LogP contribution in [0.1, 0.15) is 18.9 Å². The van der Waals surface area contributed by atoms with Crippen molar-refractivity contribution in [2.45, 2.75) is 13.3 Å². The van der Waals surface area contributed by atoms with E-state index in [1.165, 1.54) is 0 Å². The molecule has 0 fully saturated rings. The third kappa shape index (κ3) is 2.62. The molecule has 0 aliphatic carbocycles. The topological polar surface area (TPSA) is 83.5 Å². The number of aromatic nitrogens is 1. The fourth-order valence-corrected chi connectivity index (χ4v) is 0.997. The van der Waals surface area contributed by atoms with Crippen LogP contribution in [0.15, 0.2) is 23.5 Å². The first kappa shape index (κ1) is 10.3. The van der Waals surface area contributed by atoms with Gasteiger partial charge in [0.2, 0.25) is 0 Å². The Kier molecular flexibility index (Phi) is 3.72. The minimum atomic E-state index is 0.0898. The van der Waals surface area contributed by atoms with Crippen LogP contribution in [-0.4, -0.2) is 22.6 Å². The highest BCUT2D eigenvalue weighted by molar-refractivity contribution is 5.97. The minimum Gasteiger partial charge on any atom is -0.409 e. The normalized spacial score (nSPS) is 11.4.